The van der Waals surface area contributed by atoms with Gasteiger partial charge in [-0.1, -0.05) is 12.1 Å². The molecule has 0 bridgehead atoms. The molecule has 2 rings (SSSR count). The lowest BCUT2D eigenvalue weighted by Gasteiger charge is -2.13. The summed E-state index contributed by atoms with van der Waals surface area (Å²) < 4.78 is 1.70. The Bertz CT molecular complexity index is 631. The van der Waals surface area contributed by atoms with Gasteiger partial charge in [0.1, 0.15) is 0 Å². The van der Waals surface area contributed by atoms with Gasteiger partial charge in [-0.2, -0.15) is 5.10 Å². The fraction of sp³-hybridized carbons (Fsp3) is 0.250. The van der Waals surface area contributed by atoms with Gasteiger partial charge in [-0.15, -0.1) is 11.8 Å². The number of hydrogen-bond donors (Lipinski definition) is 1. The van der Waals surface area contributed by atoms with Gasteiger partial charge in [-0.05, 0) is 37.0 Å². The molecule has 0 aliphatic rings. The summed E-state index contributed by atoms with van der Waals surface area (Å²) in [5.74, 6) is -0.111. The number of amides is 1. The number of rotatable bonds is 5. The van der Waals surface area contributed by atoms with Crippen molar-refractivity contribution in [3.63, 3.8) is 0 Å². The van der Waals surface area contributed by atoms with E-state index >= 15 is 0 Å². The highest BCUT2D eigenvalue weighted by Gasteiger charge is 2.07. The summed E-state index contributed by atoms with van der Waals surface area (Å²) in [5.41, 5.74) is 2.00. The van der Waals surface area contributed by atoms with Gasteiger partial charge in [0.15, 0.2) is 0 Å². The number of carbonyl (C=O) groups excluding carboxylic acids is 1. The Morgan fingerprint density at radius 2 is 2.10 bits per heavy atom. The second kappa shape index (κ2) is 7.13. The SMILES string of the molecule is CSc1ccc(C(C)NC(=O)/C=C/c2cnn(C)c2)cc1. The molecule has 110 valence electrons. The highest BCUT2D eigenvalue weighted by atomic mass is 32.2. The Morgan fingerprint density at radius 3 is 2.67 bits per heavy atom. The molecule has 4 nitrogen and oxygen atoms in total. The molecule has 0 aliphatic heterocycles. The Balaban J connectivity index is 1.93. The van der Waals surface area contributed by atoms with E-state index in [2.05, 4.69) is 22.5 Å². The Hall–Kier alpha value is -2.01. The smallest absolute Gasteiger partial charge is 0.244 e. The zero-order chi connectivity index (χ0) is 15.2. The van der Waals surface area contributed by atoms with Crippen LogP contribution in [0.4, 0.5) is 0 Å². The van der Waals surface area contributed by atoms with Crippen molar-refractivity contribution in [2.45, 2.75) is 17.9 Å². The highest BCUT2D eigenvalue weighted by Crippen LogP contribution is 2.18. The lowest BCUT2D eigenvalue weighted by Crippen LogP contribution is -2.24. The lowest BCUT2D eigenvalue weighted by atomic mass is 10.1. The molecule has 1 atom stereocenters. The molecule has 21 heavy (non-hydrogen) atoms. The maximum Gasteiger partial charge on any atom is 0.244 e. The van der Waals surface area contributed by atoms with Gasteiger partial charge in [0.05, 0.1) is 12.2 Å². The van der Waals surface area contributed by atoms with Crippen LogP contribution in [0.2, 0.25) is 0 Å². The van der Waals surface area contributed by atoms with Crippen LogP contribution in [0, 0.1) is 0 Å². The molecule has 1 aromatic carbocycles. The summed E-state index contributed by atoms with van der Waals surface area (Å²) in [6.07, 6.45) is 8.90. The van der Waals surface area contributed by atoms with Gasteiger partial charge in [-0.25, -0.2) is 0 Å². The average molecular weight is 301 g/mol. The summed E-state index contributed by atoms with van der Waals surface area (Å²) >= 11 is 1.70. The van der Waals surface area contributed by atoms with Crippen LogP contribution in [-0.2, 0) is 11.8 Å². The van der Waals surface area contributed by atoms with E-state index in [1.54, 1.807) is 28.7 Å². The predicted octanol–water partition coefficient (Wildman–Crippen LogP) is 3.03. The first-order valence-corrected chi connectivity index (χ1v) is 7.92. The molecule has 1 unspecified atom stereocenters. The minimum atomic E-state index is -0.111. The molecular formula is C16H19N3OS. The normalized spacial score (nSPS) is 12.5. The molecule has 5 heteroatoms. The van der Waals surface area contributed by atoms with Gasteiger partial charge < -0.3 is 5.32 Å². The van der Waals surface area contributed by atoms with Crippen molar-refractivity contribution in [3.05, 3.63) is 53.9 Å². The molecule has 1 aromatic heterocycles. The van der Waals surface area contributed by atoms with Crippen LogP contribution in [0.15, 0.2) is 47.6 Å². The van der Waals surface area contributed by atoms with Crippen LogP contribution in [0.3, 0.4) is 0 Å². The number of aryl methyl sites for hydroxylation is 1. The molecule has 1 N–H and O–H groups in total. The quantitative estimate of drug-likeness (QED) is 0.682. The van der Waals surface area contributed by atoms with Gasteiger partial charge in [0.2, 0.25) is 5.91 Å². The fourth-order valence-corrected chi connectivity index (χ4v) is 2.34. The topological polar surface area (TPSA) is 46.9 Å². The first kappa shape index (κ1) is 15.4. The predicted molar refractivity (Wildman–Crippen MR) is 87.0 cm³/mol. The van der Waals surface area contributed by atoms with Crippen LogP contribution < -0.4 is 5.32 Å². The average Bonchev–Trinajstić information content (AvgIpc) is 2.91. The number of aromatic nitrogens is 2. The molecule has 1 amide bonds. The van der Waals surface area contributed by atoms with Gasteiger partial charge in [0.25, 0.3) is 0 Å². The third-order valence-corrected chi connectivity index (χ3v) is 3.87. The summed E-state index contributed by atoms with van der Waals surface area (Å²) in [6, 6.07) is 8.19. The molecule has 0 fully saturated rings. The van der Waals surface area contributed by atoms with E-state index in [0.717, 1.165) is 11.1 Å². The summed E-state index contributed by atoms with van der Waals surface area (Å²) in [6.45, 7) is 1.98. The van der Waals surface area contributed by atoms with E-state index in [4.69, 9.17) is 0 Å². The van der Waals surface area contributed by atoms with E-state index in [9.17, 15) is 4.79 Å². The molecule has 1 heterocycles. The molecule has 0 aliphatic carbocycles. The lowest BCUT2D eigenvalue weighted by molar-refractivity contribution is -0.117. The first-order chi connectivity index (χ1) is 10.1. The number of benzene rings is 1. The van der Waals surface area contributed by atoms with Gasteiger partial charge in [0, 0.05) is 29.8 Å². The van der Waals surface area contributed by atoms with Crippen molar-refractivity contribution in [1.29, 1.82) is 0 Å². The Morgan fingerprint density at radius 1 is 1.38 bits per heavy atom. The van der Waals surface area contributed by atoms with Crippen molar-refractivity contribution < 1.29 is 4.79 Å². The molecular weight excluding hydrogens is 282 g/mol. The second-order valence-electron chi connectivity index (χ2n) is 4.78. The number of hydrogen-bond acceptors (Lipinski definition) is 3. The Labute approximate surface area is 129 Å². The molecule has 2 aromatic rings. The zero-order valence-electron chi connectivity index (χ0n) is 12.4. The van der Waals surface area contributed by atoms with Crippen LogP contribution in [0.5, 0.6) is 0 Å². The number of nitrogens with one attached hydrogen (secondary N) is 1. The monoisotopic (exact) mass is 301 g/mol. The van der Waals surface area contributed by atoms with Crippen LogP contribution in [-0.4, -0.2) is 21.9 Å². The molecule has 0 saturated heterocycles. The standard InChI is InChI=1S/C16H19N3OS/c1-12(14-5-7-15(21-3)8-6-14)18-16(20)9-4-13-10-17-19(2)11-13/h4-12H,1-3H3,(H,18,20)/b9-4+. The summed E-state index contributed by atoms with van der Waals surface area (Å²) in [7, 11) is 1.84. The molecule has 0 saturated carbocycles. The maximum absolute atomic E-state index is 11.9. The van der Waals surface area contributed by atoms with Crippen LogP contribution in [0.1, 0.15) is 24.1 Å². The van der Waals surface area contributed by atoms with Gasteiger partial charge in [-0.3, -0.25) is 9.48 Å². The molecule has 0 spiro atoms. The van der Waals surface area contributed by atoms with Crippen molar-refractivity contribution in [2.75, 3.05) is 6.26 Å². The van der Waals surface area contributed by atoms with E-state index in [1.807, 2.05) is 38.6 Å². The fourth-order valence-electron chi connectivity index (χ4n) is 1.94. The Kier molecular flexibility index (Phi) is 5.22. The van der Waals surface area contributed by atoms with E-state index in [0.29, 0.717) is 0 Å². The minimum absolute atomic E-state index is 0.0213. The first-order valence-electron chi connectivity index (χ1n) is 6.69. The largest absolute Gasteiger partial charge is 0.346 e. The van der Waals surface area contributed by atoms with Crippen molar-refractivity contribution in [1.82, 2.24) is 15.1 Å². The molecule has 0 radical (unpaired) electrons. The summed E-state index contributed by atoms with van der Waals surface area (Å²) in [5, 5.41) is 7.00. The van der Waals surface area contributed by atoms with Crippen LogP contribution >= 0.6 is 11.8 Å². The second-order valence-corrected chi connectivity index (χ2v) is 5.66. The summed E-state index contributed by atoms with van der Waals surface area (Å²) in [4.78, 5) is 13.1. The van der Waals surface area contributed by atoms with Crippen molar-refractivity contribution in [3.8, 4) is 0 Å². The number of nitrogens with zero attached hydrogens (tertiary/aromatic N) is 2. The maximum atomic E-state index is 11.9. The third-order valence-electron chi connectivity index (χ3n) is 3.13. The number of carbonyl (C=O) groups is 1. The van der Waals surface area contributed by atoms with Gasteiger partial charge >= 0.3 is 0 Å². The minimum Gasteiger partial charge on any atom is -0.346 e. The van der Waals surface area contributed by atoms with E-state index in [1.165, 1.54) is 11.0 Å². The van der Waals surface area contributed by atoms with Crippen LogP contribution in [0.25, 0.3) is 6.08 Å². The van der Waals surface area contributed by atoms with E-state index in [-0.39, 0.29) is 11.9 Å². The van der Waals surface area contributed by atoms with Crippen molar-refractivity contribution in [2.24, 2.45) is 7.05 Å². The number of thioether (sulfide) groups is 1. The van der Waals surface area contributed by atoms with E-state index < -0.39 is 0 Å². The third kappa shape index (κ3) is 4.49. The zero-order valence-corrected chi connectivity index (χ0v) is 13.2. The van der Waals surface area contributed by atoms with Crippen molar-refractivity contribution >= 4 is 23.7 Å². The highest BCUT2D eigenvalue weighted by molar-refractivity contribution is 7.98.